The Balaban J connectivity index is 2.11. The van der Waals surface area contributed by atoms with E-state index in [1.165, 1.54) is 0 Å². The third-order valence-electron chi connectivity index (χ3n) is 4.24. The average molecular weight is 410 g/mol. The molecule has 0 aliphatic carbocycles. The van der Waals surface area contributed by atoms with Crippen LogP contribution in [0, 0.1) is 0 Å². The summed E-state index contributed by atoms with van der Waals surface area (Å²) in [6, 6.07) is 12.4. The van der Waals surface area contributed by atoms with E-state index < -0.39 is 11.9 Å². The molecule has 0 aromatic heterocycles. The highest BCUT2D eigenvalue weighted by molar-refractivity contribution is 6.42. The van der Waals surface area contributed by atoms with Crippen LogP contribution in [0.15, 0.2) is 42.5 Å². The molecule has 1 atom stereocenters. The minimum atomic E-state index is -0.977. The molecule has 1 unspecified atom stereocenters. The Morgan fingerprint density at radius 1 is 1.11 bits per heavy atom. The minimum absolute atomic E-state index is 0.0602. The van der Waals surface area contributed by atoms with E-state index in [1.54, 1.807) is 37.3 Å². The zero-order chi connectivity index (χ0) is 20.0. The topological polar surface area (TPSA) is 66.8 Å². The lowest BCUT2D eigenvalue weighted by Gasteiger charge is -2.22. The van der Waals surface area contributed by atoms with Crippen molar-refractivity contribution in [2.75, 3.05) is 14.2 Å². The fourth-order valence-corrected chi connectivity index (χ4v) is 3.09. The lowest BCUT2D eigenvalue weighted by Crippen LogP contribution is -2.28. The molecule has 0 fully saturated rings. The first-order valence-electron chi connectivity index (χ1n) is 8.33. The molecule has 5 nitrogen and oxygen atoms in total. The van der Waals surface area contributed by atoms with Gasteiger partial charge in [0.15, 0.2) is 0 Å². The molecule has 0 saturated carbocycles. The van der Waals surface area contributed by atoms with Crippen LogP contribution in [0.25, 0.3) is 0 Å². The monoisotopic (exact) mass is 409 g/mol. The molecular weight excluding hydrogens is 389 g/mol. The molecule has 27 heavy (non-hydrogen) atoms. The molecule has 2 rings (SSSR count). The fraction of sp³-hybridized carbons (Fsp3) is 0.300. The van der Waals surface area contributed by atoms with Gasteiger partial charge >= 0.3 is 5.97 Å². The Labute approximate surface area is 168 Å². The van der Waals surface area contributed by atoms with E-state index in [4.69, 9.17) is 27.9 Å². The summed E-state index contributed by atoms with van der Waals surface area (Å²) in [6.07, 6.45) is -0.110. The Kier molecular flexibility index (Phi) is 7.51. The molecule has 2 aromatic rings. The number of carbonyl (C=O) groups is 2. The molecule has 0 aliphatic rings. The number of carbonyl (C=O) groups excluding carboxylic acids is 1. The van der Waals surface area contributed by atoms with Gasteiger partial charge in [0.25, 0.3) is 0 Å². The lowest BCUT2D eigenvalue weighted by molar-refractivity contribution is -0.137. The van der Waals surface area contributed by atoms with Crippen molar-refractivity contribution in [1.29, 1.82) is 0 Å². The number of methoxy groups -OCH3 is 1. The van der Waals surface area contributed by atoms with Crippen LogP contribution >= 0.6 is 23.2 Å². The third kappa shape index (κ3) is 6.15. The van der Waals surface area contributed by atoms with Crippen molar-refractivity contribution in [3.63, 3.8) is 0 Å². The van der Waals surface area contributed by atoms with Gasteiger partial charge in [0.2, 0.25) is 5.91 Å². The highest BCUT2D eigenvalue weighted by atomic mass is 35.5. The van der Waals surface area contributed by atoms with Gasteiger partial charge in [-0.1, -0.05) is 41.4 Å². The zero-order valence-electron chi connectivity index (χ0n) is 15.1. The van der Waals surface area contributed by atoms with Gasteiger partial charge in [-0.05, 0) is 35.4 Å². The molecule has 0 bridgehead atoms. The largest absolute Gasteiger partial charge is 0.497 e. The van der Waals surface area contributed by atoms with Gasteiger partial charge in [0, 0.05) is 25.9 Å². The molecule has 0 saturated heterocycles. The molecule has 2 aromatic carbocycles. The van der Waals surface area contributed by atoms with Crippen molar-refractivity contribution in [2.24, 2.45) is 0 Å². The highest BCUT2D eigenvalue weighted by Gasteiger charge is 2.22. The second kappa shape index (κ2) is 9.62. The minimum Gasteiger partial charge on any atom is -0.497 e. The van der Waals surface area contributed by atoms with Gasteiger partial charge in [-0.15, -0.1) is 0 Å². The predicted molar refractivity (Wildman–Crippen MR) is 106 cm³/mol. The Morgan fingerprint density at radius 2 is 1.85 bits per heavy atom. The lowest BCUT2D eigenvalue weighted by atomic mass is 9.92. The molecule has 144 valence electrons. The summed E-state index contributed by atoms with van der Waals surface area (Å²) in [5, 5.41) is 9.94. The number of rotatable bonds is 8. The summed E-state index contributed by atoms with van der Waals surface area (Å²) in [4.78, 5) is 25.5. The van der Waals surface area contributed by atoms with E-state index >= 15 is 0 Å². The van der Waals surface area contributed by atoms with Gasteiger partial charge < -0.3 is 14.7 Å². The number of nitrogens with zero attached hydrogens (tertiary/aromatic N) is 1. The van der Waals surface area contributed by atoms with E-state index in [9.17, 15) is 14.7 Å². The van der Waals surface area contributed by atoms with Crippen molar-refractivity contribution < 1.29 is 19.4 Å². The maximum Gasteiger partial charge on any atom is 0.303 e. The number of hydrogen-bond donors (Lipinski definition) is 1. The van der Waals surface area contributed by atoms with Gasteiger partial charge in [-0.3, -0.25) is 9.59 Å². The molecule has 1 N–H and O–H groups in total. The standard InChI is InChI=1S/C20H21Cl2NO4/c1-23(12-13-4-3-5-16(8-13)27-2)19(24)10-15(11-20(25)26)14-6-7-17(21)18(22)9-14/h3-9,15H,10-12H2,1-2H3,(H,25,26). The maximum absolute atomic E-state index is 12.7. The van der Waals surface area contributed by atoms with Crippen molar-refractivity contribution in [3.8, 4) is 5.75 Å². The van der Waals surface area contributed by atoms with Crippen molar-refractivity contribution in [3.05, 3.63) is 63.6 Å². The smallest absolute Gasteiger partial charge is 0.303 e. The number of carboxylic acids is 1. The first-order chi connectivity index (χ1) is 12.8. The van der Waals surface area contributed by atoms with Crippen LogP contribution in [0.5, 0.6) is 5.75 Å². The van der Waals surface area contributed by atoms with Crippen LogP contribution in [0.3, 0.4) is 0 Å². The summed E-state index contributed by atoms with van der Waals surface area (Å²) in [6.45, 7) is 0.400. The van der Waals surface area contributed by atoms with Crippen molar-refractivity contribution in [2.45, 2.75) is 25.3 Å². The second-order valence-corrected chi connectivity index (χ2v) is 7.09. The third-order valence-corrected chi connectivity index (χ3v) is 4.98. The van der Waals surface area contributed by atoms with Crippen LogP contribution < -0.4 is 4.74 Å². The van der Waals surface area contributed by atoms with Crippen molar-refractivity contribution in [1.82, 2.24) is 4.90 Å². The van der Waals surface area contributed by atoms with Gasteiger partial charge in [0.05, 0.1) is 23.6 Å². The van der Waals surface area contributed by atoms with E-state index in [1.807, 2.05) is 24.3 Å². The zero-order valence-corrected chi connectivity index (χ0v) is 16.6. The van der Waals surface area contributed by atoms with Gasteiger partial charge in [-0.2, -0.15) is 0 Å². The molecule has 0 aliphatic heterocycles. The number of hydrogen-bond acceptors (Lipinski definition) is 3. The Hall–Kier alpha value is -2.24. The predicted octanol–water partition coefficient (Wildman–Crippen LogP) is 4.61. The van der Waals surface area contributed by atoms with Crippen molar-refractivity contribution >= 4 is 35.1 Å². The number of benzene rings is 2. The fourth-order valence-electron chi connectivity index (χ4n) is 2.78. The molecule has 7 heteroatoms. The number of carboxylic acid groups (broad SMARTS) is 1. The SMILES string of the molecule is COc1cccc(CN(C)C(=O)CC(CC(=O)O)c2ccc(Cl)c(Cl)c2)c1. The summed E-state index contributed by atoms with van der Waals surface area (Å²) in [5.74, 6) is -0.908. The highest BCUT2D eigenvalue weighted by Crippen LogP contribution is 2.30. The molecule has 0 heterocycles. The number of aliphatic carboxylic acids is 1. The van der Waals surface area contributed by atoms with E-state index in [0.717, 1.165) is 5.56 Å². The molecule has 0 radical (unpaired) electrons. The summed E-state index contributed by atoms with van der Waals surface area (Å²) in [5.41, 5.74) is 1.60. The summed E-state index contributed by atoms with van der Waals surface area (Å²) < 4.78 is 5.19. The van der Waals surface area contributed by atoms with Gasteiger partial charge in [-0.25, -0.2) is 0 Å². The number of ether oxygens (including phenoxy) is 1. The molecule has 0 spiro atoms. The summed E-state index contributed by atoms with van der Waals surface area (Å²) >= 11 is 12.0. The van der Waals surface area contributed by atoms with Crippen LogP contribution in [-0.4, -0.2) is 36.0 Å². The quantitative estimate of drug-likeness (QED) is 0.690. The first kappa shape index (κ1) is 21.1. The Morgan fingerprint density at radius 3 is 2.48 bits per heavy atom. The average Bonchev–Trinajstić information content (AvgIpc) is 2.63. The van der Waals surface area contributed by atoms with Crippen LogP contribution in [-0.2, 0) is 16.1 Å². The second-order valence-electron chi connectivity index (χ2n) is 6.27. The molecular formula is C20H21Cl2NO4. The van der Waals surface area contributed by atoms with E-state index in [2.05, 4.69) is 0 Å². The summed E-state index contributed by atoms with van der Waals surface area (Å²) in [7, 11) is 3.27. The normalized spacial score (nSPS) is 11.7. The number of amides is 1. The van der Waals surface area contributed by atoms with Crippen LogP contribution in [0.2, 0.25) is 10.0 Å². The Bertz CT molecular complexity index is 825. The first-order valence-corrected chi connectivity index (χ1v) is 9.09. The van der Waals surface area contributed by atoms with Gasteiger partial charge in [0.1, 0.15) is 5.75 Å². The van der Waals surface area contributed by atoms with Crippen LogP contribution in [0.4, 0.5) is 0 Å². The maximum atomic E-state index is 12.7. The molecule has 1 amide bonds. The number of halogens is 2. The van der Waals surface area contributed by atoms with E-state index in [-0.39, 0.29) is 18.7 Å². The van der Waals surface area contributed by atoms with E-state index in [0.29, 0.717) is 27.9 Å². The van der Waals surface area contributed by atoms with Crippen LogP contribution in [0.1, 0.15) is 29.9 Å².